The molecule has 12 nitrogen and oxygen atoms in total. The van der Waals surface area contributed by atoms with Crippen LogP contribution in [0.3, 0.4) is 0 Å². The Kier molecular flexibility index (Phi) is 8.82. The van der Waals surface area contributed by atoms with Crippen LogP contribution in [0.4, 0.5) is 11.5 Å². The van der Waals surface area contributed by atoms with E-state index in [1.165, 1.54) is 5.56 Å². The number of fused-ring (bicyclic) bond motifs is 1. The number of halogens is 1. The Hall–Kier alpha value is -4.68. The molecule has 1 aliphatic carbocycles. The number of nitrogens with one attached hydrogen (secondary N) is 1. The van der Waals surface area contributed by atoms with Gasteiger partial charge in [0.15, 0.2) is 5.82 Å². The number of carbonyl (C=O) groups is 2. The van der Waals surface area contributed by atoms with Crippen molar-refractivity contribution in [2.24, 2.45) is 0 Å². The second-order valence-electron chi connectivity index (χ2n) is 13.9. The smallest absolute Gasteiger partial charge is 0.249 e. The summed E-state index contributed by atoms with van der Waals surface area (Å²) in [6, 6.07) is 13.8. The van der Waals surface area contributed by atoms with Gasteiger partial charge in [-0.15, -0.1) is 10.2 Å². The molecule has 2 aromatic carbocycles. The zero-order chi connectivity index (χ0) is 34.4. The minimum atomic E-state index is -0.341. The third-order valence-corrected chi connectivity index (χ3v) is 11.3. The molecule has 3 fully saturated rings. The van der Waals surface area contributed by atoms with Crippen LogP contribution in [0, 0.1) is 0 Å². The van der Waals surface area contributed by atoms with Gasteiger partial charge in [-0.1, -0.05) is 29.8 Å². The molecule has 8 rings (SSSR count). The van der Waals surface area contributed by atoms with E-state index in [9.17, 15) is 14.7 Å². The molecule has 50 heavy (non-hydrogen) atoms. The maximum atomic E-state index is 12.7. The van der Waals surface area contributed by atoms with Crippen molar-refractivity contribution in [3.63, 3.8) is 0 Å². The van der Waals surface area contributed by atoms with Crippen molar-refractivity contribution in [2.45, 2.75) is 75.4 Å². The van der Waals surface area contributed by atoms with Crippen LogP contribution in [0.15, 0.2) is 54.9 Å². The van der Waals surface area contributed by atoms with E-state index in [2.05, 4.69) is 42.1 Å². The molecule has 1 atom stereocenters. The first-order valence-electron chi connectivity index (χ1n) is 17.6. The number of para-hydroxylation sites is 2. The second-order valence-corrected chi connectivity index (χ2v) is 14.3. The van der Waals surface area contributed by atoms with E-state index in [0.29, 0.717) is 66.6 Å². The quantitative estimate of drug-likeness (QED) is 0.226. The highest BCUT2D eigenvalue weighted by molar-refractivity contribution is 6.32. The number of benzene rings is 2. The molecule has 2 amide bonds. The highest BCUT2D eigenvalue weighted by atomic mass is 35.5. The van der Waals surface area contributed by atoms with Gasteiger partial charge in [0.2, 0.25) is 11.8 Å². The van der Waals surface area contributed by atoms with Crippen molar-refractivity contribution in [3.8, 4) is 33.9 Å². The number of ether oxygens (including phenoxy) is 1. The summed E-state index contributed by atoms with van der Waals surface area (Å²) in [6.07, 6.45) is 11.3. The van der Waals surface area contributed by atoms with E-state index in [-0.39, 0.29) is 28.6 Å². The number of rotatable bonds is 6. The number of hydrogen-bond acceptors (Lipinski definition) is 10. The summed E-state index contributed by atoms with van der Waals surface area (Å²) in [5, 5.41) is 26.3. The minimum absolute atomic E-state index is 0.0403. The number of anilines is 2. The number of nitrogens with two attached hydrogens (primary N) is 1. The van der Waals surface area contributed by atoms with Gasteiger partial charge in [0.25, 0.3) is 0 Å². The SMILES string of the molecule is Nc1nnc(-c2cccc(Cl)c2O)cc1-c1cnn(C2CCN(C3CCC(c4cccc5c4OCCN5C4CCC(=O)NC4=O)CC3)CC2)c1. The molecule has 0 spiro atoms. The summed E-state index contributed by atoms with van der Waals surface area (Å²) in [5.74, 6) is 1.19. The monoisotopic (exact) mass is 696 g/mol. The predicted octanol–water partition coefficient (Wildman–Crippen LogP) is 5.32. The number of nitrogen functional groups attached to an aromatic ring is 1. The van der Waals surface area contributed by atoms with E-state index in [4.69, 9.17) is 27.2 Å². The van der Waals surface area contributed by atoms with Gasteiger partial charge in [-0.3, -0.25) is 19.6 Å². The Balaban J connectivity index is 0.886. The number of phenols is 1. The minimum Gasteiger partial charge on any atom is -0.506 e. The summed E-state index contributed by atoms with van der Waals surface area (Å²) in [7, 11) is 0. The van der Waals surface area contributed by atoms with Crippen LogP contribution in [0.2, 0.25) is 5.02 Å². The number of likely N-dealkylation sites (tertiary alicyclic amines) is 1. The molecule has 4 N–H and O–H groups in total. The van der Waals surface area contributed by atoms with E-state index in [0.717, 1.165) is 68.6 Å². The lowest BCUT2D eigenvalue weighted by atomic mass is 9.80. The average molecular weight is 697 g/mol. The van der Waals surface area contributed by atoms with Crippen LogP contribution in [-0.2, 0) is 9.59 Å². The number of amides is 2. The van der Waals surface area contributed by atoms with Gasteiger partial charge >= 0.3 is 0 Å². The van der Waals surface area contributed by atoms with E-state index < -0.39 is 0 Å². The number of carbonyl (C=O) groups excluding carboxylic acids is 2. The summed E-state index contributed by atoms with van der Waals surface area (Å²) >= 11 is 6.13. The molecule has 1 unspecified atom stereocenters. The standard InChI is InChI=1S/C37H41ClN8O4/c38-29-5-1-4-27(34(29)48)30-19-28(36(39)43-42-30)23-20-40-46(21-23)25-13-15-44(16-14-25)24-9-7-22(8-10-24)26-3-2-6-31-35(26)50-18-17-45(31)32-11-12-33(47)41-37(32)49/h1-6,19-22,24-25,32,48H,7-18H2,(H2,39,43)(H,41,47,49). The average Bonchev–Trinajstić information content (AvgIpc) is 3.63. The molecule has 4 aliphatic rings. The van der Waals surface area contributed by atoms with Crippen molar-refractivity contribution in [1.29, 1.82) is 0 Å². The first-order chi connectivity index (χ1) is 24.3. The summed E-state index contributed by atoms with van der Waals surface area (Å²) in [6.45, 7) is 3.22. The molecular formula is C37H41ClN8O4. The predicted molar refractivity (Wildman–Crippen MR) is 190 cm³/mol. The van der Waals surface area contributed by atoms with Gasteiger partial charge in [0.05, 0.1) is 35.2 Å². The van der Waals surface area contributed by atoms with Gasteiger partial charge in [-0.05, 0) is 80.7 Å². The lowest BCUT2D eigenvalue weighted by molar-refractivity contribution is -0.134. The Morgan fingerprint density at radius 3 is 2.52 bits per heavy atom. The molecule has 0 bridgehead atoms. The lowest BCUT2D eigenvalue weighted by Crippen LogP contribution is -2.54. The molecule has 0 radical (unpaired) electrons. The molecule has 13 heteroatoms. The Labute approximate surface area is 295 Å². The maximum absolute atomic E-state index is 12.7. The van der Waals surface area contributed by atoms with Gasteiger partial charge in [0.1, 0.15) is 24.1 Å². The van der Waals surface area contributed by atoms with Crippen molar-refractivity contribution in [2.75, 3.05) is 36.9 Å². The largest absolute Gasteiger partial charge is 0.506 e. The van der Waals surface area contributed by atoms with Crippen molar-refractivity contribution >= 4 is 34.9 Å². The number of imide groups is 1. The van der Waals surface area contributed by atoms with Crippen LogP contribution in [0.25, 0.3) is 22.4 Å². The molecule has 1 saturated carbocycles. The molecule has 260 valence electrons. The van der Waals surface area contributed by atoms with Crippen LogP contribution in [0.1, 0.15) is 68.9 Å². The van der Waals surface area contributed by atoms with Gasteiger partial charge in [-0.2, -0.15) is 5.10 Å². The van der Waals surface area contributed by atoms with Crippen LogP contribution < -0.4 is 20.7 Å². The summed E-state index contributed by atoms with van der Waals surface area (Å²) in [5.41, 5.74) is 11.0. The topological polar surface area (TPSA) is 152 Å². The number of nitrogens with zero attached hydrogens (tertiary/aromatic N) is 6. The van der Waals surface area contributed by atoms with Crippen LogP contribution in [-0.4, -0.2) is 80.1 Å². The number of aromatic hydroxyl groups is 1. The van der Waals surface area contributed by atoms with Gasteiger partial charge in [0, 0.05) is 48.4 Å². The third kappa shape index (κ3) is 6.15. The molecule has 5 heterocycles. The van der Waals surface area contributed by atoms with Crippen molar-refractivity contribution in [3.05, 3.63) is 65.4 Å². The van der Waals surface area contributed by atoms with Crippen LogP contribution >= 0.6 is 11.6 Å². The van der Waals surface area contributed by atoms with Crippen molar-refractivity contribution < 1.29 is 19.4 Å². The van der Waals surface area contributed by atoms with Crippen LogP contribution in [0.5, 0.6) is 11.5 Å². The Morgan fingerprint density at radius 2 is 1.72 bits per heavy atom. The fourth-order valence-electron chi connectivity index (χ4n) is 8.35. The first kappa shape index (κ1) is 32.5. The zero-order valence-corrected chi connectivity index (χ0v) is 28.6. The summed E-state index contributed by atoms with van der Waals surface area (Å²) in [4.78, 5) is 29.2. The molecule has 4 aromatic rings. The normalized spacial score (nSPS) is 23.3. The van der Waals surface area contributed by atoms with E-state index >= 15 is 0 Å². The fraction of sp³-hybridized carbons (Fsp3) is 0.432. The number of phenolic OH excluding ortho intramolecular Hbond substituents is 1. The maximum Gasteiger partial charge on any atom is 0.249 e. The zero-order valence-electron chi connectivity index (χ0n) is 27.8. The molecule has 2 saturated heterocycles. The lowest BCUT2D eigenvalue weighted by Gasteiger charge is -2.42. The van der Waals surface area contributed by atoms with E-state index in [1.807, 2.05) is 24.5 Å². The highest BCUT2D eigenvalue weighted by Crippen LogP contribution is 2.45. The Morgan fingerprint density at radius 1 is 0.920 bits per heavy atom. The third-order valence-electron chi connectivity index (χ3n) is 11.0. The number of piperidine rings is 2. The fourth-order valence-corrected chi connectivity index (χ4v) is 8.52. The Bertz CT molecular complexity index is 1920. The number of hydrogen-bond donors (Lipinski definition) is 3. The van der Waals surface area contributed by atoms with E-state index in [1.54, 1.807) is 18.2 Å². The molecule has 3 aliphatic heterocycles. The molecule has 2 aromatic heterocycles. The van der Waals surface area contributed by atoms with Gasteiger partial charge < -0.3 is 25.4 Å². The molecular weight excluding hydrogens is 656 g/mol. The first-order valence-corrected chi connectivity index (χ1v) is 18.0. The van der Waals surface area contributed by atoms with Gasteiger partial charge in [-0.25, -0.2) is 0 Å². The van der Waals surface area contributed by atoms with Crippen molar-refractivity contribution in [1.82, 2.24) is 30.2 Å². The summed E-state index contributed by atoms with van der Waals surface area (Å²) < 4.78 is 8.32. The number of aromatic nitrogens is 4. The highest BCUT2D eigenvalue weighted by Gasteiger charge is 2.37. The second kappa shape index (κ2) is 13.6.